The summed E-state index contributed by atoms with van der Waals surface area (Å²) in [5.74, 6) is -2.55. The van der Waals surface area contributed by atoms with E-state index in [0.717, 1.165) is 11.3 Å². The van der Waals surface area contributed by atoms with E-state index in [1.165, 1.54) is 13.4 Å². The number of anilines is 1. The van der Waals surface area contributed by atoms with Crippen molar-refractivity contribution in [3.8, 4) is 5.75 Å². The van der Waals surface area contributed by atoms with Gasteiger partial charge in [-0.1, -0.05) is 6.92 Å². The quantitative estimate of drug-likeness (QED) is 0.426. The number of halogens is 2. The van der Waals surface area contributed by atoms with Crippen LogP contribution in [-0.2, 0) is 13.0 Å². The number of furan rings is 1. The lowest BCUT2D eigenvalue weighted by atomic mass is 9.85. The van der Waals surface area contributed by atoms with Gasteiger partial charge in [0.1, 0.15) is 17.0 Å². The number of nitrogens with one attached hydrogen (secondary N) is 1. The van der Waals surface area contributed by atoms with Crippen molar-refractivity contribution in [1.82, 2.24) is 10.3 Å². The first-order valence-corrected chi connectivity index (χ1v) is 11.7. The molecular weight excluding hydrogens is 456 g/mol. The Morgan fingerprint density at radius 2 is 2.06 bits per heavy atom. The van der Waals surface area contributed by atoms with Crippen molar-refractivity contribution in [3.05, 3.63) is 52.5 Å². The standard InChI is InChI=1S/C26H29F2N3O4/c1-5-17-21(31(6-2)16-11-26(27,28)12-16)10-23-18(7-8-35-23)24(17)25(33)29-13-19-20(14-32)30-15(3)9-22(19)34-4/h7-10,14,16H,5-6,11-13H2,1-4H3,(H,29,33). The highest BCUT2D eigenvalue weighted by Gasteiger charge is 2.48. The van der Waals surface area contributed by atoms with Crippen LogP contribution in [-0.4, -0.2) is 42.8 Å². The van der Waals surface area contributed by atoms with Crippen LogP contribution in [0.5, 0.6) is 5.75 Å². The second-order valence-electron chi connectivity index (χ2n) is 8.77. The lowest BCUT2D eigenvalue weighted by Gasteiger charge is -2.44. The normalized spacial score (nSPS) is 15.0. The predicted molar refractivity (Wildman–Crippen MR) is 129 cm³/mol. The summed E-state index contributed by atoms with van der Waals surface area (Å²) in [6.07, 6.45) is 2.24. The molecule has 1 saturated carbocycles. The minimum absolute atomic E-state index is 0.0302. The summed E-state index contributed by atoms with van der Waals surface area (Å²) >= 11 is 0. The molecule has 1 amide bonds. The smallest absolute Gasteiger partial charge is 0.252 e. The zero-order valence-corrected chi connectivity index (χ0v) is 20.3. The van der Waals surface area contributed by atoms with Crippen LogP contribution in [0.4, 0.5) is 14.5 Å². The van der Waals surface area contributed by atoms with Crippen LogP contribution < -0.4 is 15.0 Å². The molecule has 0 spiro atoms. The molecule has 0 bridgehead atoms. The Morgan fingerprint density at radius 3 is 2.66 bits per heavy atom. The molecule has 1 aliphatic rings. The van der Waals surface area contributed by atoms with E-state index < -0.39 is 5.92 Å². The molecule has 1 fully saturated rings. The Morgan fingerprint density at radius 1 is 1.31 bits per heavy atom. The average Bonchev–Trinajstić information content (AvgIpc) is 3.28. The lowest BCUT2D eigenvalue weighted by molar-refractivity contribution is -0.0856. The Hall–Kier alpha value is -3.49. The van der Waals surface area contributed by atoms with Gasteiger partial charge in [0.25, 0.3) is 11.8 Å². The van der Waals surface area contributed by atoms with Gasteiger partial charge in [0.15, 0.2) is 6.29 Å². The van der Waals surface area contributed by atoms with E-state index in [-0.39, 0.29) is 37.0 Å². The van der Waals surface area contributed by atoms with E-state index in [9.17, 15) is 18.4 Å². The summed E-state index contributed by atoms with van der Waals surface area (Å²) in [5.41, 5.74) is 3.74. The van der Waals surface area contributed by atoms with Crippen LogP contribution in [0.1, 0.15) is 64.4 Å². The van der Waals surface area contributed by atoms with Gasteiger partial charge in [0, 0.05) is 66.4 Å². The van der Waals surface area contributed by atoms with Gasteiger partial charge >= 0.3 is 0 Å². The summed E-state index contributed by atoms with van der Waals surface area (Å²) in [4.78, 5) is 31.3. The highest BCUT2D eigenvalue weighted by molar-refractivity contribution is 6.09. The second kappa shape index (κ2) is 9.64. The number of benzene rings is 1. The first-order valence-electron chi connectivity index (χ1n) is 11.7. The molecule has 0 aliphatic heterocycles. The Balaban J connectivity index is 1.72. The first kappa shape index (κ1) is 24.6. The number of rotatable bonds is 9. The molecule has 4 rings (SSSR count). The van der Waals surface area contributed by atoms with Crippen LogP contribution >= 0.6 is 0 Å². The maximum Gasteiger partial charge on any atom is 0.252 e. The van der Waals surface area contributed by atoms with Crippen LogP contribution in [0.2, 0.25) is 0 Å². The fraction of sp³-hybridized carbons (Fsp3) is 0.423. The van der Waals surface area contributed by atoms with Crippen LogP contribution in [0.3, 0.4) is 0 Å². The molecule has 3 aromatic rings. The van der Waals surface area contributed by atoms with Crippen LogP contribution in [0.15, 0.2) is 28.9 Å². The van der Waals surface area contributed by atoms with Gasteiger partial charge in [-0.25, -0.2) is 13.8 Å². The van der Waals surface area contributed by atoms with E-state index in [2.05, 4.69) is 10.3 Å². The van der Waals surface area contributed by atoms with Crippen molar-refractivity contribution in [2.75, 3.05) is 18.6 Å². The molecule has 9 heteroatoms. The van der Waals surface area contributed by atoms with E-state index in [1.54, 1.807) is 19.1 Å². The summed E-state index contributed by atoms with van der Waals surface area (Å²) in [5, 5.41) is 3.54. The number of aryl methyl sites for hydroxylation is 1. The number of nitrogens with zero attached hydrogens (tertiary/aromatic N) is 2. The van der Waals surface area contributed by atoms with Crippen molar-refractivity contribution < 1.29 is 27.5 Å². The number of alkyl halides is 2. The third-order valence-electron chi connectivity index (χ3n) is 6.58. The van der Waals surface area contributed by atoms with E-state index in [4.69, 9.17) is 9.15 Å². The number of ether oxygens (including phenoxy) is 1. The number of carbonyl (C=O) groups is 2. The largest absolute Gasteiger partial charge is 0.496 e. The monoisotopic (exact) mass is 485 g/mol. The van der Waals surface area contributed by atoms with Gasteiger partial charge < -0.3 is 19.4 Å². The molecular formula is C26H29F2N3O4. The zero-order chi connectivity index (χ0) is 25.3. The fourth-order valence-electron chi connectivity index (χ4n) is 4.90. The Labute approximate surface area is 202 Å². The Bertz CT molecular complexity index is 1260. The van der Waals surface area contributed by atoms with Crippen molar-refractivity contribution in [3.63, 3.8) is 0 Å². The molecule has 7 nitrogen and oxygen atoms in total. The molecule has 1 N–H and O–H groups in total. The number of aromatic nitrogens is 1. The summed E-state index contributed by atoms with van der Waals surface area (Å²) < 4.78 is 38.3. The highest BCUT2D eigenvalue weighted by atomic mass is 19.3. The number of amides is 1. The number of carbonyl (C=O) groups excluding carboxylic acids is 2. The lowest BCUT2D eigenvalue weighted by Crippen LogP contribution is -2.51. The Kier molecular flexibility index (Phi) is 6.78. The van der Waals surface area contributed by atoms with Crippen LogP contribution in [0, 0.1) is 6.92 Å². The van der Waals surface area contributed by atoms with Gasteiger partial charge in [-0.2, -0.15) is 0 Å². The van der Waals surface area contributed by atoms with Gasteiger partial charge in [-0.05, 0) is 31.9 Å². The van der Waals surface area contributed by atoms with Gasteiger partial charge in [0.2, 0.25) is 0 Å². The minimum atomic E-state index is -2.66. The number of hydrogen-bond donors (Lipinski definition) is 1. The van der Waals surface area contributed by atoms with Crippen LogP contribution in [0.25, 0.3) is 11.0 Å². The van der Waals surface area contributed by atoms with Crippen molar-refractivity contribution in [1.29, 1.82) is 0 Å². The molecule has 2 aromatic heterocycles. The summed E-state index contributed by atoms with van der Waals surface area (Å²) in [7, 11) is 1.49. The number of methoxy groups -OCH3 is 1. The molecule has 0 radical (unpaired) electrons. The molecule has 1 aliphatic carbocycles. The molecule has 0 unspecified atom stereocenters. The molecule has 0 saturated heterocycles. The van der Waals surface area contributed by atoms with Gasteiger partial charge in [0.05, 0.1) is 18.9 Å². The third-order valence-corrected chi connectivity index (χ3v) is 6.58. The molecule has 186 valence electrons. The second-order valence-corrected chi connectivity index (χ2v) is 8.77. The maximum absolute atomic E-state index is 13.7. The first-order chi connectivity index (χ1) is 16.7. The third kappa shape index (κ3) is 4.59. The summed E-state index contributed by atoms with van der Waals surface area (Å²) in [6.45, 7) is 6.16. The highest BCUT2D eigenvalue weighted by Crippen LogP contribution is 2.44. The topological polar surface area (TPSA) is 84.7 Å². The number of aldehydes is 1. The van der Waals surface area contributed by atoms with Gasteiger partial charge in [-0.15, -0.1) is 0 Å². The molecule has 2 heterocycles. The predicted octanol–water partition coefficient (Wildman–Crippen LogP) is 5.07. The number of hydrogen-bond acceptors (Lipinski definition) is 6. The van der Waals surface area contributed by atoms with E-state index >= 15 is 0 Å². The van der Waals surface area contributed by atoms with E-state index in [1.807, 2.05) is 24.8 Å². The van der Waals surface area contributed by atoms with Gasteiger partial charge in [-0.3, -0.25) is 9.59 Å². The van der Waals surface area contributed by atoms with Crippen molar-refractivity contribution in [2.45, 2.75) is 58.5 Å². The van der Waals surface area contributed by atoms with Crippen molar-refractivity contribution in [2.24, 2.45) is 0 Å². The maximum atomic E-state index is 13.7. The SMILES string of the molecule is CCc1c(N(CC)C2CC(F)(F)C2)cc2occc2c1C(=O)NCc1c(OC)cc(C)nc1C=O. The molecule has 0 atom stereocenters. The summed E-state index contributed by atoms with van der Waals surface area (Å²) in [6, 6.07) is 4.96. The molecule has 35 heavy (non-hydrogen) atoms. The number of pyridine rings is 1. The zero-order valence-electron chi connectivity index (χ0n) is 20.3. The number of fused-ring (bicyclic) bond motifs is 1. The van der Waals surface area contributed by atoms with Crippen molar-refractivity contribution >= 4 is 28.8 Å². The molecule has 1 aromatic carbocycles. The average molecular weight is 486 g/mol. The van der Waals surface area contributed by atoms with E-state index in [0.29, 0.717) is 52.8 Å². The minimum Gasteiger partial charge on any atom is -0.496 e. The fourth-order valence-corrected chi connectivity index (χ4v) is 4.90.